The zero-order valence-corrected chi connectivity index (χ0v) is 9.94. The van der Waals surface area contributed by atoms with Crippen molar-refractivity contribution in [2.75, 3.05) is 5.73 Å². The largest absolute Gasteiger partial charge is 0.399 e. The van der Waals surface area contributed by atoms with E-state index in [-0.39, 0.29) is 0 Å². The standard InChI is InChI=1S/C12H12ClN3O/c13-9-4-8(5-10(14)6-9)12-15-11(16-17-12)7-2-1-3-7/h4-7H,1-3,14H2. The molecule has 2 aromatic rings. The van der Waals surface area contributed by atoms with Gasteiger partial charge in [-0.3, -0.25) is 0 Å². The number of nitrogen functional groups attached to an aromatic ring is 1. The second kappa shape index (κ2) is 4.04. The van der Waals surface area contributed by atoms with E-state index in [2.05, 4.69) is 10.1 Å². The summed E-state index contributed by atoms with van der Waals surface area (Å²) >= 11 is 5.94. The van der Waals surface area contributed by atoms with Crippen LogP contribution in [0.3, 0.4) is 0 Å². The Morgan fingerprint density at radius 1 is 1.29 bits per heavy atom. The number of anilines is 1. The van der Waals surface area contributed by atoms with Crippen LogP contribution in [0.15, 0.2) is 22.7 Å². The number of aromatic nitrogens is 2. The van der Waals surface area contributed by atoms with E-state index in [9.17, 15) is 0 Å². The van der Waals surface area contributed by atoms with Gasteiger partial charge in [0.15, 0.2) is 5.82 Å². The first-order valence-electron chi connectivity index (χ1n) is 5.62. The average molecular weight is 250 g/mol. The average Bonchev–Trinajstić information content (AvgIpc) is 2.62. The minimum absolute atomic E-state index is 0.462. The second-order valence-electron chi connectivity index (χ2n) is 4.36. The van der Waals surface area contributed by atoms with Crippen molar-refractivity contribution < 1.29 is 4.52 Å². The molecular formula is C12H12ClN3O. The molecule has 0 atom stereocenters. The van der Waals surface area contributed by atoms with E-state index in [1.54, 1.807) is 18.2 Å². The van der Waals surface area contributed by atoms with Crippen LogP contribution in [0.4, 0.5) is 5.69 Å². The molecule has 0 bridgehead atoms. The Bertz CT molecular complexity index is 528. The minimum atomic E-state index is 0.462. The molecule has 5 heteroatoms. The Balaban J connectivity index is 1.94. The maximum atomic E-state index is 5.94. The summed E-state index contributed by atoms with van der Waals surface area (Å²) in [7, 11) is 0. The van der Waals surface area contributed by atoms with E-state index in [0.29, 0.717) is 22.5 Å². The molecule has 17 heavy (non-hydrogen) atoms. The number of hydrogen-bond donors (Lipinski definition) is 1. The van der Waals surface area contributed by atoms with Crippen LogP contribution in [0.25, 0.3) is 11.5 Å². The van der Waals surface area contributed by atoms with Crippen molar-refractivity contribution in [2.45, 2.75) is 25.2 Å². The van der Waals surface area contributed by atoms with Crippen LogP contribution >= 0.6 is 11.6 Å². The van der Waals surface area contributed by atoms with Crippen LogP contribution in [0.2, 0.25) is 5.02 Å². The van der Waals surface area contributed by atoms with Crippen LogP contribution in [-0.4, -0.2) is 10.1 Å². The maximum Gasteiger partial charge on any atom is 0.258 e. The summed E-state index contributed by atoms with van der Waals surface area (Å²) in [5.41, 5.74) is 7.09. The lowest BCUT2D eigenvalue weighted by Gasteiger charge is -2.20. The molecule has 0 saturated heterocycles. The molecule has 0 radical (unpaired) electrons. The third-order valence-electron chi connectivity index (χ3n) is 3.08. The number of halogens is 1. The fourth-order valence-electron chi connectivity index (χ4n) is 1.92. The molecule has 1 fully saturated rings. The van der Waals surface area contributed by atoms with Crippen LogP contribution < -0.4 is 5.73 Å². The second-order valence-corrected chi connectivity index (χ2v) is 4.80. The van der Waals surface area contributed by atoms with E-state index in [4.69, 9.17) is 21.9 Å². The molecular weight excluding hydrogens is 238 g/mol. The molecule has 88 valence electrons. The van der Waals surface area contributed by atoms with E-state index >= 15 is 0 Å². The van der Waals surface area contributed by atoms with Gasteiger partial charge in [0.2, 0.25) is 0 Å². The van der Waals surface area contributed by atoms with Crippen molar-refractivity contribution in [1.29, 1.82) is 0 Å². The van der Waals surface area contributed by atoms with Gasteiger partial charge in [0.05, 0.1) is 0 Å². The molecule has 1 aromatic carbocycles. The monoisotopic (exact) mass is 249 g/mol. The van der Waals surface area contributed by atoms with Crippen molar-refractivity contribution in [2.24, 2.45) is 0 Å². The van der Waals surface area contributed by atoms with Crippen molar-refractivity contribution in [3.8, 4) is 11.5 Å². The summed E-state index contributed by atoms with van der Waals surface area (Å²) in [4.78, 5) is 4.39. The lowest BCUT2D eigenvalue weighted by Crippen LogP contribution is -2.10. The van der Waals surface area contributed by atoms with Crippen molar-refractivity contribution in [3.05, 3.63) is 29.0 Å². The Morgan fingerprint density at radius 2 is 2.12 bits per heavy atom. The summed E-state index contributed by atoms with van der Waals surface area (Å²) in [6.07, 6.45) is 3.55. The van der Waals surface area contributed by atoms with Gasteiger partial charge in [-0.25, -0.2) is 0 Å². The first kappa shape index (κ1) is 10.6. The number of hydrogen-bond acceptors (Lipinski definition) is 4. The Kier molecular flexibility index (Phi) is 2.52. The quantitative estimate of drug-likeness (QED) is 0.830. The normalized spacial score (nSPS) is 15.8. The molecule has 0 amide bonds. The molecule has 1 heterocycles. The van der Waals surface area contributed by atoms with E-state index < -0.39 is 0 Å². The summed E-state index contributed by atoms with van der Waals surface area (Å²) in [6, 6.07) is 5.24. The molecule has 1 aromatic heterocycles. The number of nitrogens with zero attached hydrogens (tertiary/aromatic N) is 2. The van der Waals surface area contributed by atoms with E-state index in [1.165, 1.54) is 6.42 Å². The van der Waals surface area contributed by atoms with Crippen LogP contribution in [0, 0.1) is 0 Å². The van der Waals surface area contributed by atoms with Gasteiger partial charge in [0.1, 0.15) is 0 Å². The SMILES string of the molecule is Nc1cc(Cl)cc(-c2nc(C3CCC3)no2)c1. The molecule has 1 saturated carbocycles. The third kappa shape index (κ3) is 2.00. The third-order valence-corrected chi connectivity index (χ3v) is 3.30. The first-order valence-corrected chi connectivity index (χ1v) is 6.00. The topological polar surface area (TPSA) is 64.9 Å². The summed E-state index contributed by atoms with van der Waals surface area (Å²) in [6.45, 7) is 0. The molecule has 0 unspecified atom stereocenters. The van der Waals surface area contributed by atoms with Crippen molar-refractivity contribution >= 4 is 17.3 Å². The van der Waals surface area contributed by atoms with Crippen LogP contribution in [-0.2, 0) is 0 Å². The van der Waals surface area contributed by atoms with Gasteiger partial charge in [-0.05, 0) is 31.0 Å². The lowest BCUT2D eigenvalue weighted by molar-refractivity contribution is 0.366. The van der Waals surface area contributed by atoms with Crippen molar-refractivity contribution in [1.82, 2.24) is 10.1 Å². The van der Waals surface area contributed by atoms with Gasteiger partial charge < -0.3 is 10.3 Å². The molecule has 0 aliphatic heterocycles. The summed E-state index contributed by atoms with van der Waals surface area (Å²) in [5, 5.41) is 4.58. The van der Waals surface area contributed by atoms with E-state index in [0.717, 1.165) is 24.2 Å². The molecule has 1 aliphatic carbocycles. The maximum absolute atomic E-state index is 5.94. The fraction of sp³-hybridized carbons (Fsp3) is 0.333. The number of benzene rings is 1. The van der Waals surface area contributed by atoms with Crippen molar-refractivity contribution in [3.63, 3.8) is 0 Å². The van der Waals surface area contributed by atoms with Gasteiger partial charge in [0.25, 0.3) is 5.89 Å². The predicted molar refractivity (Wildman–Crippen MR) is 65.7 cm³/mol. The Labute approximate surface area is 104 Å². The molecule has 0 spiro atoms. The predicted octanol–water partition coefficient (Wildman–Crippen LogP) is 3.24. The fourth-order valence-corrected chi connectivity index (χ4v) is 2.16. The van der Waals surface area contributed by atoms with Gasteiger partial charge in [-0.1, -0.05) is 23.2 Å². The number of nitrogens with two attached hydrogens (primary N) is 1. The summed E-state index contributed by atoms with van der Waals surface area (Å²) in [5.74, 6) is 1.75. The highest BCUT2D eigenvalue weighted by Crippen LogP contribution is 2.35. The Morgan fingerprint density at radius 3 is 2.76 bits per heavy atom. The van der Waals surface area contributed by atoms with Crippen LogP contribution in [0.1, 0.15) is 31.0 Å². The minimum Gasteiger partial charge on any atom is -0.399 e. The van der Waals surface area contributed by atoms with Gasteiger partial charge in [0, 0.05) is 22.2 Å². The number of rotatable bonds is 2. The highest BCUT2D eigenvalue weighted by molar-refractivity contribution is 6.31. The van der Waals surface area contributed by atoms with Gasteiger partial charge in [-0.2, -0.15) is 4.98 Å². The molecule has 1 aliphatic rings. The lowest BCUT2D eigenvalue weighted by atomic mass is 9.85. The van der Waals surface area contributed by atoms with Gasteiger partial charge in [-0.15, -0.1) is 0 Å². The van der Waals surface area contributed by atoms with Gasteiger partial charge >= 0.3 is 0 Å². The van der Waals surface area contributed by atoms with E-state index in [1.807, 2.05) is 0 Å². The molecule has 2 N–H and O–H groups in total. The highest BCUT2D eigenvalue weighted by atomic mass is 35.5. The summed E-state index contributed by atoms with van der Waals surface area (Å²) < 4.78 is 5.24. The zero-order valence-electron chi connectivity index (χ0n) is 9.19. The first-order chi connectivity index (χ1) is 8.22. The smallest absolute Gasteiger partial charge is 0.258 e. The highest BCUT2D eigenvalue weighted by Gasteiger charge is 2.24. The van der Waals surface area contributed by atoms with Crippen LogP contribution in [0.5, 0.6) is 0 Å². The molecule has 4 nitrogen and oxygen atoms in total. The Hall–Kier alpha value is -1.55. The molecule has 3 rings (SSSR count). The zero-order chi connectivity index (χ0) is 11.8.